The fourth-order valence-electron chi connectivity index (χ4n) is 1.34. The maximum atomic E-state index is 10.8. The van der Waals surface area contributed by atoms with Crippen LogP contribution in [0.25, 0.3) is 0 Å². The summed E-state index contributed by atoms with van der Waals surface area (Å²) < 4.78 is 0. The largest absolute Gasteiger partial charge is 0.501 e. The number of nitro benzene ring substituents is 2. The highest BCUT2D eigenvalue weighted by Gasteiger charge is 2.38. The number of benzene rings is 1. The molecular formula is C8H4N2O9. The van der Waals surface area contributed by atoms with E-state index in [0.29, 0.717) is 0 Å². The number of carbonyl (C=O) groups is 2. The van der Waals surface area contributed by atoms with Gasteiger partial charge in [-0.15, -0.1) is 0 Å². The Morgan fingerprint density at radius 1 is 1.05 bits per heavy atom. The quantitative estimate of drug-likeness (QED) is 0.521. The molecule has 0 amide bonds. The second-order valence-electron chi connectivity index (χ2n) is 3.14. The van der Waals surface area contributed by atoms with Crippen LogP contribution in [0.15, 0.2) is 6.07 Å². The van der Waals surface area contributed by atoms with Gasteiger partial charge in [-0.25, -0.2) is 9.59 Å². The molecule has 0 fully saturated rings. The highest BCUT2D eigenvalue weighted by atomic mass is 16.6. The molecule has 0 spiro atoms. The number of nitrogens with zero attached hydrogens (tertiary/aromatic N) is 2. The molecule has 0 atom stereocenters. The smallest absolute Gasteiger partial charge is 0.350 e. The van der Waals surface area contributed by atoms with Crippen molar-refractivity contribution in [2.75, 3.05) is 0 Å². The van der Waals surface area contributed by atoms with Crippen molar-refractivity contribution in [3.8, 4) is 5.75 Å². The summed E-state index contributed by atoms with van der Waals surface area (Å²) >= 11 is 0. The molecule has 100 valence electrons. The average molecular weight is 272 g/mol. The van der Waals surface area contributed by atoms with Crippen LogP contribution >= 0.6 is 0 Å². The predicted molar refractivity (Wildman–Crippen MR) is 55.3 cm³/mol. The summed E-state index contributed by atoms with van der Waals surface area (Å²) in [6.45, 7) is 0. The van der Waals surface area contributed by atoms with Crippen molar-refractivity contribution < 1.29 is 34.8 Å². The molecule has 0 saturated carbocycles. The number of hydrogen-bond donors (Lipinski definition) is 3. The Labute approximate surface area is 102 Å². The standard InChI is InChI=1S/C8H4N2O9/c11-6-2(7(12)13)1-3(9(16)17)4(8(14)15)5(6)10(18)19/h1,11H,(H,12,13)(H,14,15). The second kappa shape index (κ2) is 4.56. The molecule has 0 aromatic heterocycles. The van der Waals surface area contributed by atoms with Crippen molar-refractivity contribution in [2.24, 2.45) is 0 Å². The molecule has 0 saturated heterocycles. The summed E-state index contributed by atoms with van der Waals surface area (Å²) in [7, 11) is 0. The Hall–Kier alpha value is -3.24. The Kier molecular flexibility index (Phi) is 3.32. The summed E-state index contributed by atoms with van der Waals surface area (Å²) in [5, 5.41) is 48.0. The van der Waals surface area contributed by atoms with E-state index >= 15 is 0 Å². The first-order chi connectivity index (χ1) is 8.68. The zero-order chi connectivity index (χ0) is 14.9. The third-order valence-electron chi connectivity index (χ3n) is 2.08. The van der Waals surface area contributed by atoms with Gasteiger partial charge in [-0.1, -0.05) is 0 Å². The zero-order valence-electron chi connectivity index (χ0n) is 8.76. The molecule has 0 aliphatic rings. The lowest BCUT2D eigenvalue weighted by Crippen LogP contribution is -2.10. The van der Waals surface area contributed by atoms with Crippen molar-refractivity contribution in [3.05, 3.63) is 37.4 Å². The third-order valence-corrected chi connectivity index (χ3v) is 2.08. The van der Waals surface area contributed by atoms with Crippen LogP contribution in [0.5, 0.6) is 5.75 Å². The molecule has 1 aromatic carbocycles. The highest BCUT2D eigenvalue weighted by molar-refractivity contribution is 6.03. The van der Waals surface area contributed by atoms with Gasteiger partial charge in [-0.3, -0.25) is 20.2 Å². The fraction of sp³-hybridized carbons (Fsp3) is 0. The number of nitro groups is 2. The van der Waals surface area contributed by atoms with Crippen molar-refractivity contribution in [3.63, 3.8) is 0 Å². The summed E-state index contributed by atoms with van der Waals surface area (Å²) in [6, 6.07) is 0.244. The van der Waals surface area contributed by atoms with Crippen LogP contribution in [0.1, 0.15) is 20.7 Å². The van der Waals surface area contributed by atoms with Gasteiger partial charge in [-0.2, -0.15) is 0 Å². The SMILES string of the molecule is O=C(O)c1cc([N+](=O)[O-])c(C(=O)O)c([N+](=O)[O-])c1O. The first-order valence-electron chi connectivity index (χ1n) is 4.33. The summed E-state index contributed by atoms with van der Waals surface area (Å²) in [4.78, 5) is 40.1. The molecule has 3 N–H and O–H groups in total. The lowest BCUT2D eigenvalue weighted by molar-refractivity contribution is -0.395. The van der Waals surface area contributed by atoms with Gasteiger partial charge in [0.25, 0.3) is 5.69 Å². The van der Waals surface area contributed by atoms with Crippen LogP contribution < -0.4 is 0 Å². The van der Waals surface area contributed by atoms with Gasteiger partial charge in [0, 0.05) is 6.07 Å². The van der Waals surface area contributed by atoms with E-state index in [4.69, 9.17) is 10.2 Å². The van der Waals surface area contributed by atoms with E-state index in [-0.39, 0.29) is 6.07 Å². The Morgan fingerprint density at radius 3 is 1.89 bits per heavy atom. The van der Waals surface area contributed by atoms with Gasteiger partial charge >= 0.3 is 17.6 Å². The molecule has 1 rings (SSSR count). The number of rotatable bonds is 4. The first kappa shape index (κ1) is 13.8. The van der Waals surface area contributed by atoms with Crippen molar-refractivity contribution in [2.45, 2.75) is 0 Å². The van der Waals surface area contributed by atoms with Crippen LogP contribution in [-0.2, 0) is 0 Å². The lowest BCUT2D eigenvalue weighted by Gasteiger charge is -2.04. The van der Waals surface area contributed by atoms with Crippen LogP contribution in [-0.4, -0.2) is 37.1 Å². The monoisotopic (exact) mass is 272 g/mol. The van der Waals surface area contributed by atoms with E-state index in [1.54, 1.807) is 0 Å². The molecule has 19 heavy (non-hydrogen) atoms. The number of hydrogen-bond acceptors (Lipinski definition) is 7. The van der Waals surface area contributed by atoms with E-state index in [0.717, 1.165) is 0 Å². The predicted octanol–water partition coefficient (Wildman–Crippen LogP) is 0.605. The van der Waals surface area contributed by atoms with Gasteiger partial charge in [0.1, 0.15) is 5.56 Å². The maximum absolute atomic E-state index is 10.8. The zero-order valence-corrected chi connectivity index (χ0v) is 8.76. The number of carboxylic acid groups (broad SMARTS) is 2. The summed E-state index contributed by atoms with van der Waals surface area (Å²) in [6.07, 6.45) is 0. The number of aromatic hydroxyl groups is 1. The van der Waals surface area contributed by atoms with Crippen LogP contribution in [0.2, 0.25) is 0 Å². The van der Waals surface area contributed by atoms with Gasteiger partial charge in [0.15, 0.2) is 0 Å². The van der Waals surface area contributed by atoms with Crippen LogP contribution in [0.4, 0.5) is 11.4 Å². The lowest BCUT2D eigenvalue weighted by atomic mass is 10.0. The Bertz CT molecular complexity index is 621. The molecule has 0 bridgehead atoms. The molecule has 11 heteroatoms. The maximum Gasteiger partial charge on any atom is 0.350 e. The number of phenols is 1. The average Bonchev–Trinajstić information content (AvgIpc) is 2.26. The Morgan fingerprint density at radius 2 is 1.58 bits per heavy atom. The van der Waals surface area contributed by atoms with Crippen LogP contribution in [0, 0.1) is 20.2 Å². The minimum atomic E-state index is -2.04. The topological polar surface area (TPSA) is 181 Å². The number of aromatic carboxylic acids is 2. The highest BCUT2D eigenvalue weighted by Crippen LogP contribution is 2.39. The van der Waals surface area contributed by atoms with E-state index < -0.39 is 50.0 Å². The van der Waals surface area contributed by atoms with E-state index in [9.17, 15) is 34.9 Å². The normalized spacial score (nSPS) is 9.89. The third kappa shape index (κ3) is 2.24. The van der Waals surface area contributed by atoms with Gasteiger partial charge in [0.2, 0.25) is 11.3 Å². The van der Waals surface area contributed by atoms with Crippen molar-refractivity contribution >= 4 is 23.3 Å². The van der Waals surface area contributed by atoms with E-state index in [1.165, 1.54) is 0 Å². The van der Waals surface area contributed by atoms with Gasteiger partial charge < -0.3 is 15.3 Å². The van der Waals surface area contributed by atoms with E-state index in [1.807, 2.05) is 0 Å². The Balaban J connectivity index is 3.94. The summed E-state index contributed by atoms with van der Waals surface area (Å²) in [5.41, 5.74) is -5.37. The van der Waals surface area contributed by atoms with Crippen molar-refractivity contribution in [1.82, 2.24) is 0 Å². The molecule has 0 radical (unpaired) electrons. The molecule has 1 aromatic rings. The minimum Gasteiger partial charge on any atom is -0.501 e. The molecule has 0 heterocycles. The van der Waals surface area contributed by atoms with E-state index in [2.05, 4.69) is 0 Å². The second-order valence-corrected chi connectivity index (χ2v) is 3.14. The minimum absolute atomic E-state index is 0.244. The molecular weight excluding hydrogens is 268 g/mol. The first-order valence-corrected chi connectivity index (χ1v) is 4.33. The molecule has 0 aliphatic heterocycles. The molecule has 0 aliphatic carbocycles. The van der Waals surface area contributed by atoms with Gasteiger partial charge in [-0.05, 0) is 0 Å². The van der Waals surface area contributed by atoms with Gasteiger partial charge in [0.05, 0.1) is 9.85 Å². The molecule has 0 unspecified atom stereocenters. The fourth-order valence-corrected chi connectivity index (χ4v) is 1.34. The van der Waals surface area contributed by atoms with Crippen molar-refractivity contribution in [1.29, 1.82) is 0 Å². The molecule has 11 nitrogen and oxygen atoms in total. The number of carboxylic acids is 2. The summed E-state index contributed by atoms with van der Waals surface area (Å²) in [5.74, 6) is -5.37. The van der Waals surface area contributed by atoms with Crippen LogP contribution in [0.3, 0.4) is 0 Å².